The van der Waals surface area contributed by atoms with Crippen LogP contribution in [0.1, 0.15) is 17.2 Å². The van der Waals surface area contributed by atoms with Crippen molar-refractivity contribution in [3.63, 3.8) is 0 Å². The van der Waals surface area contributed by atoms with Gasteiger partial charge in [0.15, 0.2) is 0 Å². The predicted octanol–water partition coefficient (Wildman–Crippen LogP) is 2.10. The van der Waals surface area contributed by atoms with Gasteiger partial charge in [-0.1, -0.05) is 17.7 Å². The summed E-state index contributed by atoms with van der Waals surface area (Å²) in [6.45, 7) is 0. The minimum Gasteiger partial charge on any atom is -0.384 e. The van der Waals surface area contributed by atoms with E-state index in [9.17, 15) is 4.39 Å². The summed E-state index contributed by atoms with van der Waals surface area (Å²) in [5.41, 5.74) is 9.03. The van der Waals surface area contributed by atoms with Gasteiger partial charge in [0.05, 0.1) is 17.3 Å². The van der Waals surface area contributed by atoms with E-state index in [1.807, 2.05) is 0 Å². The Morgan fingerprint density at radius 3 is 2.72 bits per heavy atom. The number of halogens is 3. The number of anilines is 1. The number of hydrazine groups is 1. The van der Waals surface area contributed by atoms with Crippen LogP contribution in [0.15, 0.2) is 22.8 Å². The van der Waals surface area contributed by atoms with E-state index in [0.717, 1.165) is 0 Å². The van der Waals surface area contributed by atoms with Crippen molar-refractivity contribution in [1.29, 1.82) is 0 Å². The first kappa shape index (κ1) is 13.3. The second-order valence-corrected chi connectivity index (χ2v) is 4.84. The van der Waals surface area contributed by atoms with Crippen LogP contribution in [0.4, 0.5) is 10.2 Å². The van der Waals surface area contributed by atoms with Crippen LogP contribution in [-0.2, 0) is 0 Å². The molecule has 0 bridgehead atoms. The average molecular weight is 335 g/mol. The summed E-state index contributed by atoms with van der Waals surface area (Å²) >= 11 is 8.99. The highest BCUT2D eigenvalue weighted by Gasteiger charge is 2.22. The van der Waals surface area contributed by atoms with Crippen molar-refractivity contribution < 1.29 is 4.39 Å². The molecule has 1 unspecified atom stereocenters. The van der Waals surface area contributed by atoms with Gasteiger partial charge < -0.3 is 5.73 Å². The second-order valence-electron chi connectivity index (χ2n) is 3.60. The molecule has 5 nitrogen and oxygen atoms in total. The fraction of sp³-hybridized carbons (Fsp3) is 0.100. The van der Waals surface area contributed by atoms with Gasteiger partial charge >= 0.3 is 0 Å². The summed E-state index contributed by atoms with van der Waals surface area (Å²) < 4.78 is 14.6. The topological polar surface area (TPSA) is 92.7 Å². The van der Waals surface area contributed by atoms with E-state index in [1.54, 1.807) is 12.1 Å². The molecule has 0 saturated carbocycles. The highest BCUT2D eigenvalue weighted by molar-refractivity contribution is 9.10. The van der Waals surface area contributed by atoms with Gasteiger partial charge in [0.2, 0.25) is 0 Å². The van der Waals surface area contributed by atoms with Crippen LogP contribution in [0.2, 0.25) is 5.02 Å². The van der Waals surface area contributed by atoms with Crippen LogP contribution in [0, 0.1) is 5.82 Å². The van der Waals surface area contributed by atoms with Gasteiger partial charge in [0.25, 0.3) is 0 Å². The smallest absolute Gasteiger partial charge is 0.148 e. The Kier molecular flexibility index (Phi) is 3.86. The molecule has 18 heavy (non-hydrogen) atoms. The molecule has 2 aromatic rings. The Morgan fingerprint density at radius 2 is 2.17 bits per heavy atom. The maximum Gasteiger partial charge on any atom is 0.148 e. The zero-order valence-electron chi connectivity index (χ0n) is 9.05. The number of benzene rings is 1. The third-order valence-corrected chi connectivity index (χ3v) is 3.81. The molecule has 1 aromatic carbocycles. The molecule has 1 aromatic heterocycles. The Labute approximate surface area is 116 Å². The number of hydrogen-bond donors (Lipinski definition) is 4. The standard InChI is InChI=1S/C10H10BrClFN5/c11-6-2-1-4(8(13)7(6)12)9(17-15)5-3-16-18-10(5)14/h1-3,9,17H,15H2,(H3,14,16,18). The number of rotatable bonds is 3. The molecule has 1 atom stereocenters. The van der Waals surface area contributed by atoms with Gasteiger partial charge in [0, 0.05) is 15.6 Å². The van der Waals surface area contributed by atoms with Crippen molar-refractivity contribution in [3.05, 3.63) is 44.8 Å². The molecule has 0 spiro atoms. The van der Waals surface area contributed by atoms with Crippen LogP contribution in [-0.4, -0.2) is 10.2 Å². The summed E-state index contributed by atoms with van der Waals surface area (Å²) in [6.07, 6.45) is 1.48. The van der Waals surface area contributed by atoms with Crippen molar-refractivity contribution in [2.24, 2.45) is 5.84 Å². The Bertz CT molecular complexity index is 573. The normalized spacial score (nSPS) is 12.7. The molecule has 0 fully saturated rings. The molecule has 0 aliphatic carbocycles. The molecule has 8 heteroatoms. The molecule has 0 aliphatic rings. The highest BCUT2D eigenvalue weighted by Crippen LogP contribution is 2.33. The van der Waals surface area contributed by atoms with Crippen LogP contribution in [0.5, 0.6) is 0 Å². The lowest BCUT2D eigenvalue weighted by molar-refractivity contribution is 0.560. The van der Waals surface area contributed by atoms with E-state index in [-0.39, 0.29) is 5.02 Å². The largest absolute Gasteiger partial charge is 0.384 e. The number of aromatic amines is 1. The van der Waals surface area contributed by atoms with E-state index in [2.05, 4.69) is 31.6 Å². The summed E-state index contributed by atoms with van der Waals surface area (Å²) in [7, 11) is 0. The second kappa shape index (κ2) is 5.23. The first-order chi connectivity index (χ1) is 8.56. The molecule has 96 valence electrons. The SMILES string of the molecule is NNC(c1cn[nH]c1N)c1ccc(Br)c(Cl)c1F. The Balaban J connectivity index is 2.53. The average Bonchev–Trinajstić information content (AvgIpc) is 2.77. The van der Waals surface area contributed by atoms with Gasteiger partial charge in [-0.05, 0) is 22.0 Å². The number of nitrogens with two attached hydrogens (primary N) is 2. The first-order valence-corrected chi connectivity index (χ1v) is 6.11. The van der Waals surface area contributed by atoms with E-state index < -0.39 is 11.9 Å². The third-order valence-electron chi connectivity index (χ3n) is 2.55. The summed E-state index contributed by atoms with van der Waals surface area (Å²) in [4.78, 5) is 0. The molecule has 0 saturated heterocycles. The number of nitrogens with zero attached hydrogens (tertiary/aromatic N) is 1. The van der Waals surface area contributed by atoms with Gasteiger partial charge in [-0.25, -0.2) is 9.82 Å². The predicted molar refractivity (Wildman–Crippen MR) is 71.3 cm³/mol. The number of nitrogen functional groups attached to an aromatic ring is 1. The molecular formula is C10H10BrClFN5. The third kappa shape index (κ3) is 2.22. The lowest BCUT2D eigenvalue weighted by atomic mass is 10.0. The zero-order chi connectivity index (χ0) is 13.3. The number of hydrogen-bond acceptors (Lipinski definition) is 4. The molecular weight excluding hydrogens is 324 g/mol. The van der Waals surface area contributed by atoms with E-state index in [0.29, 0.717) is 21.4 Å². The minimum absolute atomic E-state index is 0.00480. The lowest BCUT2D eigenvalue weighted by Gasteiger charge is -2.17. The molecule has 2 rings (SSSR count). The van der Waals surface area contributed by atoms with Crippen LogP contribution in [0.3, 0.4) is 0 Å². The number of H-pyrrole nitrogens is 1. The summed E-state index contributed by atoms with van der Waals surface area (Å²) in [6, 6.07) is 2.58. The minimum atomic E-state index is -0.630. The fourth-order valence-electron chi connectivity index (χ4n) is 1.65. The van der Waals surface area contributed by atoms with Gasteiger partial charge in [-0.2, -0.15) is 5.10 Å². The van der Waals surface area contributed by atoms with Gasteiger partial charge in [-0.15, -0.1) is 0 Å². The number of aromatic nitrogens is 2. The fourth-order valence-corrected chi connectivity index (χ4v) is 2.12. The molecule has 0 amide bonds. The van der Waals surface area contributed by atoms with Gasteiger partial charge in [0.1, 0.15) is 11.6 Å². The van der Waals surface area contributed by atoms with Crippen molar-refractivity contribution >= 4 is 33.3 Å². The van der Waals surface area contributed by atoms with Crippen LogP contribution >= 0.6 is 27.5 Å². The summed E-state index contributed by atoms with van der Waals surface area (Å²) in [5, 5.41) is 6.34. The molecule has 6 N–H and O–H groups in total. The van der Waals surface area contributed by atoms with Crippen molar-refractivity contribution in [2.75, 3.05) is 5.73 Å². The molecule has 1 heterocycles. The van der Waals surface area contributed by atoms with Gasteiger partial charge in [-0.3, -0.25) is 10.9 Å². The van der Waals surface area contributed by atoms with Crippen molar-refractivity contribution in [1.82, 2.24) is 15.6 Å². The monoisotopic (exact) mass is 333 g/mol. The molecule has 0 radical (unpaired) electrons. The summed E-state index contributed by atoms with van der Waals surface area (Å²) in [5.74, 6) is 5.21. The van der Waals surface area contributed by atoms with E-state index in [4.69, 9.17) is 23.2 Å². The maximum atomic E-state index is 14.1. The van der Waals surface area contributed by atoms with Crippen LogP contribution in [0.25, 0.3) is 0 Å². The Morgan fingerprint density at radius 1 is 1.44 bits per heavy atom. The van der Waals surface area contributed by atoms with Crippen LogP contribution < -0.4 is 17.0 Å². The molecule has 0 aliphatic heterocycles. The Hall–Kier alpha value is -1.15. The van der Waals surface area contributed by atoms with Crippen molar-refractivity contribution in [2.45, 2.75) is 6.04 Å². The quantitative estimate of drug-likeness (QED) is 0.393. The van der Waals surface area contributed by atoms with E-state index in [1.165, 1.54) is 6.20 Å². The maximum absolute atomic E-state index is 14.1. The first-order valence-electron chi connectivity index (χ1n) is 4.94. The zero-order valence-corrected chi connectivity index (χ0v) is 11.4. The highest BCUT2D eigenvalue weighted by atomic mass is 79.9. The lowest BCUT2D eigenvalue weighted by Crippen LogP contribution is -2.30. The number of nitrogens with one attached hydrogen (secondary N) is 2. The van der Waals surface area contributed by atoms with Crippen molar-refractivity contribution in [3.8, 4) is 0 Å². The van der Waals surface area contributed by atoms with E-state index >= 15 is 0 Å².